The Labute approximate surface area is 173 Å². The standard InChI is InChI=1S/C21H35FN4O3/c1-6-7-8-17(13-25-20(28)29-21(2,3)4)26-19(23-5)24-12-15-9-10-18(22)16(11-15)14-27/h9-11,17,27H,6-8,12-14H2,1-5H3,(H,25,28)(H2,23,24,26). The van der Waals surface area contributed by atoms with E-state index >= 15 is 0 Å². The maximum atomic E-state index is 13.5. The maximum absolute atomic E-state index is 13.5. The molecule has 1 aromatic carbocycles. The van der Waals surface area contributed by atoms with Gasteiger partial charge in [0.15, 0.2) is 5.96 Å². The number of aliphatic hydroxyl groups is 1. The summed E-state index contributed by atoms with van der Waals surface area (Å²) in [6.45, 7) is 8.06. The molecule has 0 aromatic heterocycles. The average Bonchev–Trinajstić information content (AvgIpc) is 2.66. The van der Waals surface area contributed by atoms with Gasteiger partial charge in [0.05, 0.1) is 6.61 Å². The molecule has 1 rings (SSSR count). The third kappa shape index (κ3) is 10.1. The van der Waals surface area contributed by atoms with Gasteiger partial charge in [0.2, 0.25) is 0 Å². The van der Waals surface area contributed by atoms with Crippen LogP contribution in [-0.4, -0.2) is 42.4 Å². The Morgan fingerprint density at radius 3 is 2.62 bits per heavy atom. The van der Waals surface area contributed by atoms with Crippen molar-refractivity contribution in [2.75, 3.05) is 13.6 Å². The van der Waals surface area contributed by atoms with Gasteiger partial charge in [-0.05, 0) is 44.9 Å². The third-order valence-electron chi connectivity index (χ3n) is 4.10. The number of nitrogens with zero attached hydrogens (tertiary/aromatic N) is 1. The molecule has 0 aliphatic rings. The lowest BCUT2D eigenvalue weighted by Gasteiger charge is -2.24. The van der Waals surface area contributed by atoms with Crippen LogP contribution in [0.2, 0.25) is 0 Å². The van der Waals surface area contributed by atoms with Crippen LogP contribution in [0.1, 0.15) is 58.1 Å². The first-order chi connectivity index (χ1) is 13.7. The predicted octanol–water partition coefficient (Wildman–Crippen LogP) is 3.07. The Kier molecular flexibility index (Phi) is 10.4. The van der Waals surface area contributed by atoms with E-state index in [-0.39, 0.29) is 18.2 Å². The summed E-state index contributed by atoms with van der Waals surface area (Å²) in [6.07, 6.45) is 2.45. The zero-order chi connectivity index (χ0) is 21.9. The van der Waals surface area contributed by atoms with Gasteiger partial charge < -0.3 is 25.8 Å². The van der Waals surface area contributed by atoms with Crippen LogP contribution in [0.3, 0.4) is 0 Å². The third-order valence-corrected chi connectivity index (χ3v) is 4.10. The summed E-state index contributed by atoms with van der Waals surface area (Å²) >= 11 is 0. The van der Waals surface area contributed by atoms with Crippen molar-refractivity contribution in [1.29, 1.82) is 0 Å². The lowest BCUT2D eigenvalue weighted by atomic mass is 10.1. The number of hydrogen-bond acceptors (Lipinski definition) is 4. The SMILES string of the molecule is CCCCC(CNC(=O)OC(C)(C)C)NC(=NC)NCc1ccc(F)c(CO)c1. The smallest absolute Gasteiger partial charge is 0.407 e. The van der Waals surface area contributed by atoms with Gasteiger partial charge in [0.25, 0.3) is 0 Å². The molecule has 1 atom stereocenters. The fourth-order valence-corrected chi connectivity index (χ4v) is 2.63. The molecule has 0 saturated carbocycles. The molecular formula is C21H35FN4O3. The second-order valence-corrected chi connectivity index (χ2v) is 7.88. The lowest BCUT2D eigenvalue weighted by Crippen LogP contribution is -2.48. The number of nitrogens with one attached hydrogen (secondary N) is 3. The second kappa shape index (κ2) is 12.3. The number of carbonyl (C=O) groups excluding carboxylic acids is 1. The van der Waals surface area contributed by atoms with Crippen LogP contribution in [0.15, 0.2) is 23.2 Å². The minimum absolute atomic E-state index is 0.0186. The highest BCUT2D eigenvalue weighted by atomic mass is 19.1. The van der Waals surface area contributed by atoms with Crippen molar-refractivity contribution in [2.45, 2.75) is 71.8 Å². The van der Waals surface area contributed by atoms with Gasteiger partial charge in [-0.1, -0.05) is 25.8 Å². The first-order valence-corrected chi connectivity index (χ1v) is 10.0. The van der Waals surface area contributed by atoms with E-state index in [9.17, 15) is 14.3 Å². The van der Waals surface area contributed by atoms with E-state index in [2.05, 4.69) is 27.9 Å². The van der Waals surface area contributed by atoms with Crippen molar-refractivity contribution in [1.82, 2.24) is 16.0 Å². The Balaban J connectivity index is 2.64. The number of ether oxygens (including phenoxy) is 1. The number of halogens is 1. The molecule has 29 heavy (non-hydrogen) atoms. The Bertz CT molecular complexity index is 674. The second-order valence-electron chi connectivity index (χ2n) is 7.88. The van der Waals surface area contributed by atoms with Crippen LogP contribution in [0.25, 0.3) is 0 Å². The Morgan fingerprint density at radius 1 is 1.31 bits per heavy atom. The number of aliphatic hydroxyl groups excluding tert-OH is 1. The number of rotatable bonds is 9. The minimum atomic E-state index is -0.545. The summed E-state index contributed by atoms with van der Waals surface area (Å²) < 4.78 is 18.8. The van der Waals surface area contributed by atoms with E-state index in [4.69, 9.17) is 4.74 Å². The minimum Gasteiger partial charge on any atom is -0.444 e. The Hall–Kier alpha value is -2.35. The van der Waals surface area contributed by atoms with Gasteiger partial charge in [-0.3, -0.25) is 4.99 Å². The highest BCUT2D eigenvalue weighted by Crippen LogP contribution is 2.10. The van der Waals surface area contributed by atoms with Crippen LogP contribution < -0.4 is 16.0 Å². The number of unbranched alkanes of at least 4 members (excludes halogenated alkanes) is 1. The number of guanidine groups is 1. The van der Waals surface area contributed by atoms with Crippen molar-refractivity contribution in [3.8, 4) is 0 Å². The monoisotopic (exact) mass is 410 g/mol. The molecule has 1 amide bonds. The molecule has 0 spiro atoms. The highest BCUT2D eigenvalue weighted by Gasteiger charge is 2.18. The van der Waals surface area contributed by atoms with Crippen molar-refractivity contribution in [3.05, 3.63) is 35.1 Å². The molecule has 1 aromatic rings. The van der Waals surface area contributed by atoms with E-state index in [1.54, 1.807) is 19.2 Å². The molecule has 0 bridgehead atoms. The lowest BCUT2D eigenvalue weighted by molar-refractivity contribution is 0.0522. The normalized spacial score (nSPS) is 13.0. The van der Waals surface area contributed by atoms with Gasteiger partial charge in [-0.2, -0.15) is 0 Å². The molecule has 0 radical (unpaired) electrons. The van der Waals surface area contributed by atoms with E-state index in [0.29, 0.717) is 19.0 Å². The maximum Gasteiger partial charge on any atom is 0.407 e. The molecule has 0 saturated heterocycles. The van der Waals surface area contributed by atoms with Crippen molar-refractivity contribution in [3.63, 3.8) is 0 Å². The molecule has 7 nitrogen and oxygen atoms in total. The first-order valence-electron chi connectivity index (χ1n) is 10.0. The zero-order valence-corrected chi connectivity index (χ0v) is 18.1. The Morgan fingerprint density at radius 2 is 2.03 bits per heavy atom. The molecular weight excluding hydrogens is 375 g/mol. The summed E-state index contributed by atoms with van der Waals surface area (Å²) in [6, 6.07) is 4.60. The predicted molar refractivity (Wildman–Crippen MR) is 113 cm³/mol. The number of hydrogen-bond donors (Lipinski definition) is 4. The fourth-order valence-electron chi connectivity index (χ4n) is 2.63. The quantitative estimate of drug-likeness (QED) is 0.371. The van der Waals surface area contributed by atoms with Crippen LogP contribution in [0.5, 0.6) is 0 Å². The fraction of sp³-hybridized carbons (Fsp3) is 0.619. The summed E-state index contributed by atoms with van der Waals surface area (Å²) in [5.41, 5.74) is 0.543. The first kappa shape index (κ1) is 24.7. The highest BCUT2D eigenvalue weighted by molar-refractivity contribution is 5.80. The van der Waals surface area contributed by atoms with Crippen LogP contribution in [-0.2, 0) is 17.9 Å². The van der Waals surface area contributed by atoms with Crippen LogP contribution >= 0.6 is 0 Å². The van der Waals surface area contributed by atoms with E-state index in [1.165, 1.54) is 6.07 Å². The van der Waals surface area contributed by atoms with Gasteiger partial charge >= 0.3 is 6.09 Å². The molecule has 164 valence electrons. The number of amides is 1. The molecule has 1 unspecified atom stereocenters. The summed E-state index contributed by atoms with van der Waals surface area (Å²) in [7, 11) is 1.66. The number of aliphatic imine (C=N–C) groups is 1. The zero-order valence-electron chi connectivity index (χ0n) is 18.1. The average molecular weight is 411 g/mol. The topological polar surface area (TPSA) is 95.0 Å². The van der Waals surface area contributed by atoms with Crippen molar-refractivity contribution < 1.29 is 19.0 Å². The van der Waals surface area contributed by atoms with E-state index < -0.39 is 17.5 Å². The number of alkyl carbamates (subject to hydrolysis) is 1. The van der Waals surface area contributed by atoms with Crippen molar-refractivity contribution >= 4 is 12.1 Å². The molecule has 0 aliphatic carbocycles. The van der Waals surface area contributed by atoms with Gasteiger partial charge in [-0.25, -0.2) is 9.18 Å². The molecule has 0 fully saturated rings. The summed E-state index contributed by atoms with van der Waals surface area (Å²) in [4.78, 5) is 16.2. The van der Waals surface area contributed by atoms with Gasteiger partial charge in [-0.15, -0.1) is 0 Å². The molecule has 0 aliphatic heterocycles. The van der Waals surface area contributed by atoms with Gasteiger partial charge in [0, 0.05) is 31.7 Å². The van der Waals surface area contributed by atoms with Crippen molar-refractivity contribution in [2.24, 2.45) is 4.99 Å². The largest absolute Gasteiger partial charge is 0.444 e. The molecule has 0 heterocycles. The van der Waals surface area contributed by atoms with E-state index in [1.807, 2.05) is 20.8 Å². The van der Waals surface area contributed by atoms with Gasteiger partial charge in [0.1, 0.15) is 11.4 Å². The molecule has 4 N–H and O–H groups in total. The number of benzene rings is 1. The van der Waals surface area contributed by atoms with E-state index in [0.717, 1.165) is 24.8 Å². The van der Waals surface area contributed by atoms with Crippen LogP contribution in [0.4, 0.5) is 9.18 Å². The van der Waals surface area contributed by atoms with Crippen LogP contribution in [0, 0.1) is 5.82 Å². The summed E-state index contributed by atoms with van der Waals surface area (Å²) in [5.74, 6) is 0.151. The number of carbonyl (C=O) groups is 1. The molecule has 8 heteroatoms. The summed E-state index contributed by atoms with van der Waals surface area (Å²) in [5, 5.41) is 18.5.